The molecule has 0 spiro atoms. The molecule has 24 heavy (non-hydrogen) atoms. The van der Waals surface area contributed by atoms with Gasteiger partial charge in [0.1, 0.15) is 5.75 Å². The fourth-order valence-electron chi connectivity index (χ4n) is 2.51. The summed E-state index contributed by atoms with van der Waals surface area (Å²) in [6.45, 7) is 2.91. The van der Waals surface area contributed by atoms with Crippen LogP contribution in [0.3, 0.4) is 0 Å². The lowest BCUT2D eigenvalue weighted by molar-refractivity contribution is 0.174. The maximum absolute atomic E-state index is 5.52. The molecule has 0 saturated heterocycles. The molecule has 7 heteroatoms. The largest absolute Gasteiger partial charge is 0.494 e. The molecule has 1 aliphatic rings. The van der Waals surface area contributed by atoms with Gasteiger partial charge in [-0.25, -0.2) is 4.98 Å². The van der Waals surface area contributed by atoms with Gasteiger partial charge < -0.3 is 19.2 Å². The molecule has 124 valence electrons. The molecule has 0 bridgehead atoms. The fourth-order valence-corrected chi connectivity index (χ4v) is 4.03. The molecule has 2 aromatic carbocycles. The highest BCUT2D eigenvalue weighted by Crippen LogP contribution is 2.38. The van der Waals surface area contributed by atoms with Crippen molar-refractivity contribution >= 4 is 38.7 Å². The van der Waals surface area contributed by atoms with Gasteiger partial charge in [0, 0.05) is 16.3 Å². The van der Waals surface area contributed by atoms with E-state index in [0.29, 0.717) is 6.61 Å². The van der Waals surface area contributed by atoms with Gasteiger partial charge in [-0.05, 0) is 36.8 Å². The van der Waals surface area contributed by atoms with E-state index in [9.17, 15) is 0 Å². The number of halogens is 1. The Kier molecular flexibility index (Phi) is 4.28. The molecule has 0 atom stereocenters. The van der Waals surface area contributed by atoms with E-state index in [1.54, 1.807) is 11.8 Å². The van der Waals surface area contributed by atoms with E-state index < -0.39 is 0 Å². The second-order valence-corrected chi connectivity index (χ2v) is 7.06. The lowest BCUT2D eigenvalue weighted by Crippen LogP contribution is -1.92. The summed E-state index contributed by atoms with van der Waals surface area (Å²) in [7, 11) is 0. The van der Waals surface area contributed by atoms with Crippen LogP contribution in [0.4, 0.5) is 0 Å². The quantitative estimate of drug-likeness (QED) is 0.619. The van der Waals surface area contributed by atoms with Crippen molar-refractivity contribution in [3.05, 3.63) is 40.4 Å². The summed E-state index contributed by atoms with van der Waals surface area (Å²) in [6, 6.07) is 9.85. The lowest BCUT2D eigenvalue weighted by atomic mass is 10.2. The lowest BCUT2D eigenvalue weighted by Gasteiger charge is -2.05. The van der Waals surface area contributed by atoms with Crippen LogP contribution in [-0.2, 0) is 5.75 Å². The van der Waals surface area contributed by atoms with Crippen molar-refractivity contribution in [2.75, 3.05) is 13.4 Å². The Morgan fingerprint density at radius 1 is 1.25 bits per heavy atom. The third-order valence-corrected chi connectivity index (χ3v) is 5.31. The first-order valence-corrected chi connectivity index (χ1v) is 9.34. The van der Waals surface area contributed by atoms with E-state index in [1.165, 1.54) is 0 Å². The molecule has 0 aliphatic carbocycles. The Balaban J connectivity index is 1.52. The minimum Gasteiger partial charge on any atom is -0.494 e. The number of thioether (sulfide) groups is 1. The molecule has 0 radical (unpaired) electrons. The number of hydrogen-bond acceptors (Lipinski definition) is 5. The van der Waals surface area contributed by atoms with Crippen LogP contribution < -0.4 is 14.2 Å². The zero-order valence-corrected chi connectivity index (χ0v) is 15.4. The molecule has 4 rings (SSSR count). The Morgan fingerprint density at radius 3 is 2.92 bits per heavy atom. The van der Waals surface area contributed by atoms with Crippen LogP contribution in [0.15, 0.2) is 40.0 Å². The topological polar surface area (TPSA) is 56.4 Å². The van der Waals surface area contributed by atoms with Crippen LogP contribution in [0.1, 0.15) is 12.5 Å². The first kappa shape index (κ1) is 15.7. The second kappa shape index (κ2) is 6.57. The number of rotatable bonds is 5. The zero-order valence-electron chi connectivity index (χ0n) is 13.0. The van der Waals surface area contributed by atoms with Gasteiger partial charge in [-0.15, -0.1) is 0 Å². The summed E-state index contributed by atoms with van der Waals surface area (Å²) < 4.78 is 17.4. The van der Waals surface area contributed by atoms with E-state index in [-0.39, 0.29) is 6.79 Å². The second-order valence-electron chi connectivity index (χ2n) is 5.24. The van der Waals surface area contributed by atoms with E-state index >= 15 is 0 Å². The van der Waals surface area contributed by atoms with Gasteiger partial charge >= 0.3 is 0 Å². The number of imidazole rings is 1. The molecule has 0 unspecified atom stereocenters. The molecule has 1 aromatic heterocycles. The third kappa shape index (κ3) is 3.06. The van der Waals surface area contributed by atoms with Crippen molar-refractivity contribution in [3.8, 4) is 17.2 Å². The van der Waals surface area contributed by atoms with E-state index in [4.69, 9.17) is 14.2 Å². The summed E-state index contributed by atoms with van der Waals surface area (Å²) in [6.07, 6.45) is 0. The predicted octanol–water partition coefficient (Wildman–Crippen LogP) is 4.75. The van der Waals surface area contributed by atoms with E-state index in [2.05, 4.69) is 25.9 Å². The van der Waals surface area contributed by atoms with Gasteiger partial charge in [-0.3, -0.25) is 0 Å². The van der Waals surface area contributed by atoms with Crippen molar-refractivity contribution < 1.29 is 14.2 Å². The summed E-state index contributed by atoms with van der Waals surface area (Å²) >= 11 is 5.23. The minimum atomic E-state index is 0.282. The molecule has 1 aliphatic heterocycles. The third-order valence-electron chi connectivity index (χ3n) is 3.65. The molecule has 1 N–H and O–H groups in total. The molecular weight excluding hydrogens is 392 g/mol. The summed E-state index contributed by atoms with van der Waals surface area (Å²) in [5, 5.41) is 0.878. The Hall–Kier alpha value is -1.86. The van der Waals surface area contributed by atoms with Crippen LogP contribution in [0.25, 0.3) is 11.0 Å². The van der Waals surface area contributed by atoms with Gasteiger partial charge in [0.05, 0.1) is 17.6 Å². The molecular formula is C17H15BrN2O3S. The van der Waals surface area contributed by atoms with Gasteiger partial charge in [0.15, 0.2) is 16.7 Å². The highest BCUT2D eigenvalue weighted by molar-refractivity contribution is 9.10. The van der Waals surface area contributed by atoms with Crippen molar-refractivity contribution in [2.45, 2.75) is 17.8 Å². The number of benzene rings is 2. The van der Waals surface area contributed by atoms with Crippen molar-refractivity contribution in [1.82, 2.24) is 9.97 Å². The van der Waals surface area contributed by atoms with Crippen LogP contribution in [0.2, 0.25) is 0 Å². The number of ether oxygens (including phenoxy) is 3. The van der Waals surface area contributed by atoms with E-state index in [1.807, 2.05) is 37.3 Å². The van der Waals surface area contributed by atoms with Crippen LogP contribution in [0, 0.1) is 0 Å². The summed E-state index contributed by atoms with van der Waals surface area (Å²) in [5.74, 6) is 3.20. The van der Waals surface area contributed by atoms with Gasteiger partial charge in [0.25, 0.3) is 0 Å². The van der Waals surface area contributed by atoms with Crippen molar-refractivity contribution in [1.29, 1.82) is 0 Å². The maximum Gasteiger partial charge on any atom is 0.231 e. The molecule has 2 heterocycles. The number of nitrogens with zero attached hydrogens (tertiary/aromatic N) is 1. The summed E-state index contributed by atoms with van der Waals surface area (Å²) in [5.41, 5.74) is 3.05. The Labute approximate surface area is 151 Å². The monoisotopic (exact) mass is 406 g/mol. The average molecular weight is 407 g/mol. The number of aromatic amines is 1. The highest BCUT2D eigenvalue weighted by atomic mass is 79.9. The highest BCUT2D eigenvalue weighted by Gasteiger charge is 2.16. The number of aromatic nitrogens is 2. The van der Waals surface area contributed by atoms with Gasteiger partial charge in [-0.2, -0.15) is 0 Å². The molecule has 0 fully saturated rings. The molecule has 5 nitrogen and oxygen atoms in total. The van der Waals surface area contributed by atoms with Crippen LogP contribution >= 0.6 is 27.7 Å². The van der Waals surface area contributed by atoms with Gasteiger partial charge in [0.2, 0.25) is 6.79 Å². The molecule has 0 saturated carbocycles. The SMILES string of the molecule is CCOc1ccc2nc(SCc3cc4c(cc3Br)OCO4)[nH]c2c1. The Morgan fingerprint density at radius 2 is 2.08 bits per heavy atom. The molecule has 3 aromatic rings. The number of nitrogens with one attached hydrogen (secondary N) is 1. The number of hydrogen-bond donors (Lipinski definition) is 1. The molecule has 0 amide bonds. The Bertz CT molecular complexity index is 897. The van der Waals surface area contributed by atoms with Crippen molar-refractivity contribution in [3.63, 3.8) is 0 Å². The van der Waals surface area contributed by atoms with Crippen LogP contribution in [0.5, 0.6) is 17.2 Å². The smallest absolute Gasteiger partial charge is 0.231 e. The standard InChI is InChI=1S/C17H15BrN2O3S/c1-2-21-11-3-4-13-14(6-11)20-17(19-13)24-8-10-5-15-16(7-12(10)18)23-9-22-15/h3-7H,2,8-9H2,1H3,(H,19,20). The maximum atomic E-state index is 5.52. The van der Waals surface area contributed by atoms with Crippen LogP contribution in [-0.4, -0.2) is 23.4 Å². The zero-order chi connectivity index (χ0) is 16.5. The number of fused-ring (bicyclic) bond motifs is 2. The fraction of sp³-hybridized carbons (Fsp3) is 0.235. The van der Waals surface area contributed by atoms with Gasteiger partial charge in [-0.1, -0.05) is 27.7 Å². The normalized spacial score (nSPS) is 12.8. The predicted molar refractivity (Wildman–Crippen MR) is 97.1 cm³/mol. The minimum absolute atomic E-state index is 0.282. The van der Waals surface area contributed by atoms with Crippen molar-refractivity contribution in [2.24, 2.45) is 0 Å². The first-order chi connectivity index (χ1) is 11.7. The number of H-pyrrole nitrogens is 1. The summed E-state index contributed by atoms with van der Waals surface area (Å²) in [4.78, 5) is 7.95. The average Bonchev–Trinajstić information content (AvgIpc) is 3.18. The first-order valence-electron chi connectivity index (χ1n) is 7.56. The van der Waals surface area contributed by atoms with E-state index in [0.717, 1.165) is 49.2 Å².